The van der Waals surface area contributed by atoms with Crippen LogP contribution in [-0.2, 0) is 52.3 Å². The number of nitrogens with one attached hydrogen (secondary N) is 3. The van der Waals surface area contributed by atoms with Crippen molar-refractivity contribution in [2.24, 2.45) is 0 Å². The molecule has 4 fully saturated rings. The number of carboxylic acids is 1. The Bertz CT molecular complexity index is 1450. The molecule has 4 saturated heterocycles. The van der Waals surface area contributed by atoms with Gasteiger partial charge >= 0.3 is 5.97 Å². The summed E-state index contributed by atoms with van der Waals surface area (Å²) in [6.45, 7) is 1.44. The lowest BCUT2D eigenvalue weighted by Crippen LogP contribution is -2.71. The first kappa shape index (κ1) is 48.8. The number of hydrogen-bond acceptors (Lipinski definition) is 22. The van der Waals surface area contributed by atoms with Crippen LogP contribution in [-0.4, -0.2) is 233 Å². The summed E-state index contributed by atoms with van der Waals surface area (Å²) in [5.41, 5.74) is 0. The number of aliphatic hydroxyl groups excluding tert-OH is 11. The minimum absolute atomic E-state index is 0.752. The number of amides is 3. The summed E-state index contributed by atoms with van der Waals surface area (Å²) in [7, 11) is 0. The second-order valence-corrected chi connectivity index (χ2v) is 14.8. The standard InChI is InChI=1S/C33H55N3O23/c1-9-20(44)24(48)25(49)31(54-9)58-27-19(36-12(4)41)30(56-15(7-38)22(27)46)57-26-18(35-11(3)40)29(50)55-16(23(26)47)8-53-33(32(51)52)5-13(42)17(34-10(2)39)28(59-33)21(45)14(43)6-37/h9,13-31,37-38,42-50H,5-8H2,1-4H3,(H,34,39)(H,35,40)(H,36,41)(H,51,52)/t9-,13-,14+,15+,16+,17+,18+,19+,20+,21+,22+,23-,24+,25-,26+,27+,28+,29-,30-,31-,33+/m0/s1. The molecule has 4 aliphatic rings. The summed E-state index contributed by atoms with van der Waals surface area (Å²) in [5, 5.41) is 134. The van der Waals surface area contributed by atoms with E-state index in [1.54, 1.807) is 0 Å². The number of hydrogen-bond donors (Lipinski definition) is 15. The van der Waals surface area contributed by atoms with Crippen molar-refractivity contribution in [3.05, 3.63) is 0 Å². The summed E-state index contributed by atoms with van der Waals surface area (Å²) in [5.74, 6) is -7.17. The third-order valence-electron chi connectivity index (χ3n) is 10.3. The zero-order chi connectivity index (χ0) is 44.3. The molecule has 4 aliphatic heterocycles. The maximum atomic E-state index is 12.7. The quantitative estimate of drug-likeness (QED) is 0.0727. The smallest absolute Gasteiger partial charge is 0.364 e. The Morgan fingerprint density at radius 2 is 1.25 bits per heavy atom. The SMILES string of the molecule is CC(=O)N[C@@H]1[C@@H](O[C@@H]2O[C@H](CO)[C@@H](O)[C@H](O[C@@H]3O[C@@H](C)[C@@H](O)[C@@H](O)[C@@H]3O)[C@H]2NC(C)=O)[C@@H](O)[C@@H](CO[C@]2(C(=O)O)C[C@H](O)[C@@H](NC(C)=O)[C@H]([C@H](O)[C@H](O)CO)O2)O[C@@H]1O. The fraction of sp³-hybridized carbons (Fsp3) is 0.879. The summed E-state index contributed by atoms with van der Waals surface area (Å²) >= 11 is 0. The van der Waals surface area contributed by atoms with Crippen molar-refractivity contribution in [2.45, 2.75) is 162 Å². The van der Waals surface area contributed by atoms with Crippen LogP contribution in [0.25, 0.3) is 0 Å². The van der Waals surface area contributed by atoms with Gasteiger partial charge in [-0.25, -0.2) is 4.79 Å². The van der Waals surface area contributed by atoms with Crippen LogP contribution < -0.4 is 16.0 Å². The molecule has 0 aromatic carbocycles. The first-order chi connectivity index (χ1) is 27.6. The van der Waals surface area contributed by atoms with E-state index in [0.717, 1.165) is 20.8 Å². The van der Waals surface area contributed by atoms with E-state index >= 15 is 0 Å². The molecule has 0 bridgehead atoms. The Balaban J connectivity index is 1.65. The molecule has 0 aromatic heterocycles. The first-order valence-electron chi connectivity index (χ1n) is 18.5. The van der Waals surface area contributed by atoms with Gasteiger partial charge in [-0.05, 0) is 6.92 Å². The average molecular weight is 862 g/mol. The van der Waals surface area contributed by atoms with E-state index in [1.807, 2.05) is 0 Å². The van der Waals surface area contributed by atoms with Gasteiger partial charge in [-0.15, -0.1) is 0 Å². The molecular weight excluding hydrogens is 806 g/mol. The van der Waals surface area contributed by atoms with E-state index < -0.39 is 178 Å². The van der Waals surface area contributed by atoms with Crippen LogP contribution in [0.3, 0.4) is 0 Å². The van der Waals surface area contributed by atoms with Crippen LogP contribution in [0.1, 0.15) is 34.1 Å². The predicted octanol–water partition coefficient (Wildman–Crippen LogP) is -9.08. The molecule has 0 saturated carbocycles. The molecule has 21 atom stereocenters. The highest BCUT2D eigenvalue weighted by Gasteiger charge is 2.58. The zero-order valence-corrected chi connectivity index (χ0v) is 32.2. The van der Waals surface area contributed by atoms with Crippen LogP contribution >= 0.6 is 0 Å². The Labute approximate surface area is 335 Å². The van der Waals surface area contributed by atoms with Crippen molar-refractivity contribution < 1.29 is 114 Å². The van der Waals surface area contributed by atoms with Gasteiger partial charge in [0, 0.05) is 27.2 Å². The molecule has 0 spiro atoms. The van der Waals surface area contributed by atoms with Crippen molar-refractivity contribution in [3.63, 3.8) is 0 Å². The van der Waals surface area contributed by atoms with Crippen LogP contribution in [0.15, 0.2) is 0 Å². The fourth-order valence-electron chi connectivity index (χ4n) is 7.28. The normalized spacial score (nSPS) is 43.8. The van der Waals surface area contributed by atoms with Gasteiger partial charge in [-0.1, -0.05) is 0 Å². The Hall–Kier alpha value is -2.84. The summed E-state index contributed by atoms with van der Waals surface area (Å²) in [4.78, 5) is 49.4. The van der Waals surface area contributed by atoms with Crippen LogP contribution in [0.5, 0.6) is 0 Å². The second-order valence-electron chi connectivity index (χ2n) is 14.8. The summed E-state index contributed by atoms with van der Waals surface area (Å²) in [6.07, 6.45) is -31.7. The van der Waals surface area contributed by atoms with E-state index in [9.17, 15) is 80.5 Å². The minimum atomic E-state index is -2.92. The molecule has 26 nitrogen and oxygen atoms in total. The van der Waals surface area contributed by atoms with Crippen molar-refractivity contribution in [1.82, 2.24) is 16.0 Å². The van der Waals surface area contributed by atoms with Gasteiger partial charge in [0.05, 0.1) is 38.1 Å². The summed E-state index contributed by atoms with van der Waals surface area (Å²) < 4.78 is 39.8. The first-order valence-corrected chi connectivity index (χ1v) is 18.5. The minimum Gasteiger partial charge on any atom is -0.477 e. The topological polar surface area (TPSA) is 412 Å². The largest absolute Gasteiger partial charge is 0.477 e. The van der Waals surface area contributed by atoms with Gasteiger partial charge in [-0.3, -0.25) is 14.4 Å². The monoisotopic (exact) mass is 861 g/mol. The molecule has 4 heterocycles. The molecule has 15 N–H and O–H groups in total. The fourth-order valence-corrected chi connectivity index (χ4v) is 7.28. The van der Waals surface area contributed by atoms with Crippen molar-refractivity contribution in [1.29, 1.82) is 0 Å². The van der Waals surface area contributed by atoms with Gasteiger partial charge in [0.25, 0.3) is 5.79 Å². The number of aliphatic hydroxyl groups is 11. The van der Waals surface area contributed by atoms with E-state index in [2.05, 4.69) is 16.0 Å². The van der Waals surface area contributed by atoms with Gasteiger partial charge in [0.2, 0.25) is 17.7 Å². The van der Waals surface area contributed by atoms with Crippen LogP contribution in [0.4, 0.5) is 0 Å². The molecular formula is C33H55N3O23. The molecule has 0 unspecified atom stereocenters. The Morgan fingerprint density at radius 3 is 1.81 bits per heavy atom. The highest BCUT2D eigenvalue weighted by molar-refractivity contribution is 5.77. The Kier molecular flexibility index (Phi) is 16.8. The summed E-state index contributed by atoms with van der Waals surface area (Å²) in [6, 6.07) is -4.86. The maximum Gasteiger partial charge on any atom is 0.364 e. The molecule has 59 heavy (non-hydrogen) atoms. The van der Waals surface area contributed by atoms with E-state index in [4.69, 9.17) is 33.2 Å². The van der Waals surface area contributed by atoms with Gasteiger partial charge < -0.3 is 110 Å². The van der Waals surface area contributed by atoms with Crippen molar-refractivity contribution in [3.8, 4) is 0 Å². The number of carbonyl (C=O) groups excluding carboxylic acids is 3. The van der Waals surface area contributed by atoms with Crippen LogP contribution in [0, 0.1) is 0 Å². The number of carbonyl (C=O) groups is 4. The number of aliphatic carboxylic acids is 1. The number of carboxylic acid groups (broad SMARTS) is 1. The third-order valence-corrected chi connectivity index (χ3v) is 10.3. The van der Waals surface area contributed by atoms with E-state index in [-0.39, 0.29) is 0 Å². The van der Waals surface area contributed by atoms with Gasteiger partial charge in [0.1, 0.15) is 85.3 Å². The molecule has 0 aliphatic carbocycles. The molecule has 0 radical (unpaired) electrons. The highest BCUT2D eigenvalue weighted by atomic mass is 16.7. The average Bonchev–Trinajstić information content (AvgIpc) is 3.16. The van der Waals surface area contributed by atoms with E-state index in [1.165, 1.54) is 6.92 Å². The van der Waals surface area contributed by atoms with Crippen molar-refractivity contribution in [2.75, 3.05) is 19.8 Å². The Morgan fingerprint density at radius 1 is 0.712 bits per heavy atom. The second kappa shape index (κ2) is 20.4. The molecule has 4 rings (SSSR count). The predicted molar refractivity (Wildman–Crippen MR) is 184 cm³/mol. The van der Waals surface area contributed by atoms with Crippen LogP contribution in [0.2, 0.25) is 0 Å². The van der Waals surface area contributed by atoms with Crippen molar-refractivity contribution >= 4 is 23.7 Å². The number of ether oxygens (including phenoxy) is 7. The molecule has 26 heteroatoms. The van der Waals surface area contributed by atoms with E-state index in [0.29, 0.717) is 0 Å². The lowest BCUT2D eigenvalue weighted by Gasteiger charge is -2.50. The zero-order valence-electron chi connectivity index (χ0n) is 32.2. The van der Waals surface area contributed by atoms with Gasteiger partial charge in [0.15, 0.2) is 18.9 Å². The molecule has 340 valence electrons. The maximum absolute atomic E-state index is 12.7. The number of rotatable bonds is 15. The molecule has 3 amide bonds. The van der Waals surface area contributed by atoms with Gasteiger partial charge in [-0.2, -0.15) is 0 Å². The highest BCUT2D eigenvalue weighted by Crippen LogP contribution is 2.36. The molecule has 0 aromatic rings. The lowest BCUT2D eigenvalue weighted by molar-refractivity contribution is -0.358. The third kappa shape index (κ3) is 11.0. The lowest BCUT2D eigenvalue weighted by atomic mass is 9.88.